The van der Waals surface area contributed by atoms with Crippen molar-refractivity contribution in [1.82, 2.24) is 9.80 Å². The van der Waals surface area contributed by atoms with E-state index in [9.17, 15) is 20.3 Å². The van der Waals surface area contributed by atoms with Crippen molar-refractivity contribution in [2.75, 3.05) is 59.5 Å². The number of non-ortho nitro benzene ring substituents is 1. The largest absolute Gasteiger partial charge is 0.492 e. The van der Waals surface area contributed by atoms with Crippen LogP contribution in [-0.2, 0) is 16.1 Å². The normalized spacial score (nSPS) is 24.5. The van der Waals surface area contributed by atoms with E-state index in [2.05, 4.69) is 23.6 Å². The van der Waals surface area contributed by atoms with Crippen LogP contribution in [0.2, 0.25) is 0 Å². The lowest BCUT2D eigenvalue weighted by Gasteiger charge is -2.59. The third-order valence-electron chi connectivity index (χ3n) is 12.8. The molecule has 1 saturated carbocycles. The Hall–Kier alpha value is -5.68. The van der Waals surface area contributed by atoms with E-state index in [0.717, 1.165) is 62.2 Å². The van der Waals surface area contributed by atoms with Gasteiger partial charge in [-0.25, -0.2) is 4.79 Å². The summed E-state index contributed by atoms with van der Waals surface area (Å²) >= 11 is 0. The Labute approximate surface area is 373 Å². The molecule has 2 N–H and O–H groups in total. The lowest BCUT2D eigenvalue weighted by molar-refractivity contribution is -0.384. The first-order valence-corrected chi connectivity index (χ1v) is 22.4. The zero-order chi connectivity index (χ0) is 44.6. The number of oxime groups is 1. The second kappa shape index (κ2) is 20.4. The van der Waals surface area contributed by atoms with Gasteiger partial charge in [-0.15, -0.1) is 6.58 Å². The van der Waals surface area contributed by atoms with Crippen molar-refractivity contribution in [3.63, 3.8) is 0 Å². The highest BCUT2D eigenvalue weighted by molar-refractivity contribution is 6.03. The van der Waals surface area contributed by atoms with Gasteiger partial charge in [0.05, 0.1) is 23.2 Å². The van der Waals surface area contributed by atoms with E-state index >= 15 is 4.79 Å². The van der Waals surface area contributed by atoms with Crippen molar-refractivity contribution in [2.24, 2.45) is 22.9 Å². The number of nitro benzene ring substituents is 1. The maximum absolute atomic E-state index is 15.0. The number of nitro groups is 1. The minimum absolute atomic E-state index is 0.00833. The maximum Gasteiger partial charge on any atom is 0.416 e. The molecule has 0 radical (unpaired) electrons. The van der Waals surface area contributed by atoms with Gasteiger partial charge in [0.25, 0.3) is 5.69 Å². The highest BCUT2D eigenvalue weighted by Gasteiger charge is 2.66. The van der Waals surface area contributed by atoms with Crippen LogP contribution in [0.25, 0.3) is 0 Å². The monoisotopic (exact) mass is 882 g/mol. The molecule has 2 aliphatic carbocycles. The fraction of sp³-hybridized carbons (Fsp3) is 0.500. The number of amides is 1. The Morgan fingerprint density at radius 3 is 2.48 bits per heavy atom. The molecule has 8 rings (SSSR count). The van der Waals surface area contributed by atoms with Gasteiger partial charge in [0, 0.05) is 69.4 Å². The van der Waals surface area contributed by atoms with E-state index in [1.54, 1.807) is 17.0 Å². The molecule has 64 heavy (non-hydrogen) atoms. The summed E-state index contributed by atoms with van der Waals surface area (Å²) in [7, 11) is 0. The number of rotatable bonds is 22. The van der Waals surface area contributed by atoms with E-state index in [1.807, 2.05) is 31.2 Å². The number of carbonyl (C=O) groups excluding carboxylic acids is 1. The number of unbranched alkanes of at least 4 members (excludes halogenated alkanes) is 2. The zero-order valence-electron chi connectivity index (χ0n) is 36.3. The van der Waals surface area contributed by atoms with Crippen LogP contribution in [0.15, 0.2) is 90.1 Å². The molecule has 0 bridgehead atoms. The molecule has 0 spiro atoms. The summed E-state index contributed by atoms with van der Waals surface area (Å²) in [4.78, 5) is 35.8. The molecule has 16 heteroatoms. The Bertz CT molecular complexity index is 2190. The standard InChI is InChI=1S/C48H58N4O12/c1-3-24-61-48-44(51(30-32-11-17-42-43(26-32)60-31-59-42)47(55)63-35-14-12-34(13-15-35)52(56)57)29-40(49-62-4-2)38-27-33(9-5-7-22-53)37(10-6-8-23-54)45(46(38)48)39-28-36(16-18-41(39)64-48)58-25-21-50-19-20-50/h3,11-18,26-28,33,37,44-46,53-54H,1,4-10,19-25,29-31H2,2H3. The van der Waals surface area contributed by atoms with Gasteiger partial charge in [-0.05, 0) is 98.0 Å². The SMILES string of the molecule is C=CCOC12Oc3ccc(OCCN4CC4)cc3C3C(CCCCO)C(CCCCO)C=C(C(=NOCC)CC1N(Cc1ccc4c(c1)OCO4)C(=O)Oc1ccc([N+](=O)[O-])cc1)C32. The molecular formula is C48H58N4O12. The molecule has 5 aliphatic rings. The van der Waals surface area contributed by atoms with Crippen LogP contribution in [0, 0.1) is 27.9 Å². The number of carbonyl (C=O) groups is 1. The summed E-state index contributed by atoms with van der Waals surface area (Å²) in [5, 5.41) is 36.2. The molecule has 342 valence electrons. The van der Waals surface area contributed by atoms with E-state index in [0.29, 0.717) is 54.6 Å². The first-order valence-electron chi connectivity index (χ1n) is 22.4. The Morgan fingerprint density at radius 2 is 1.75 bits per heavy atom. The van der Waals surface area contributed by atoms with E-state index in [4.69, 9.17) is 38.4 Å². The fourth-order valence-corrected chi connectivity index (χ4v) is 9.80. The third-order valence-corrected chi connectivity index (χ3v) is 12.8. The van der Waals surface area contributed by atoms with Gasteiger partial charge in [-0.3, -0.25) is 19.9 Å². The molecule has 6 atom stereocenters. The van der Waals surface area contributed by atoms with Crippen LogP contribution in [0.5, 0.6) is 28.7 Å². The quantitative estimate of drug-likeness (QED) is 0.0336. The molecule has 16 nitrogen and oxygen atoms in total. The van der Waals surface area contributed by atoms with Gasteiger partial charge >= 0.3 is 6.09 Å². The summed E-state index contributed by atoms with van der Waals surface area (Å²) < 4.78 is 38.3. The minimum atomic E-state index is -1.55. The summed E-state index contributed by atoms with van der Waals surface area (Å²) in [6, 6.07) is 15.9. The number of hydrogen-bond acceptors (Lipinski definition) is 14. The first kappa shape index (κ1) is 44.9. The highest BCUT2D eigenvalue weighted by atomic mass is 16.7. The van der Waals surface area contributed by atoms with Gasteiger partial charge in [0.15, 0.2) is 11.5 Å². The minimum Gasteiger partial charge on any atom is -0.492 e. The zero-order valence-corrected chi connectivity index (χ0v) is 36.3. The van der Waals surface area contributed by atoms with Crippen LogP contribution < -0.4 is 23.7 Å². The molecule has 1 saturated heterocycles. The number of benzene rings is 3. The number of aliphatic hydroxyl groups excluding tert-OH is 2. The van der Waals surface area contributed by atoms with Crippen LogP contribution in [0.4, 0.5) is 10.5 Å². The van der Waals surface area contributed by atoms with Crippen LogP contribution >= 0.6 is 0 Å². The number of aliphatic hydroxyl groups is 2. The van der Waals surface area contributed by atoms with Crippen molar-refractivity contribution in [3.8, 4) is 28.7 Å². The highest BCUT2D eigenvalue weighted by Crippen LogP contribution is 2.62. The lowest BCUT2D eigenvalue weighted by atomic mass is 9.55. The lowest BCUT2D eigenvalue weighted by Crippen LogP contribution is -2.70. The Morgan fingerprint density at radius 1 is 1.00 bits per heavy atom. The van der Waals surface area contributed by atoms with Crippen LogP contribution in [0.1, 0.15) is 68.9 Å². The number of nitrogens with zero attached hydrogens (tertiary/aromatic N) is 4. The Balaban J connectivity index is 1.30. The molecule has 2 fully saturated rings. The van der Waals surface area contributed by atoms with Crippen molar-refractivity contribution in [3.05, 3.63) is 106 Å². The molecule has 1 amide bonds. The predicted molar refractivity (Wildman–Crippen MR) is 236 cm³/mol. The second-order valence-electron chi connectivity index (χ2n) is 16.8. The number of allylic oxidation sites excluding steroid dienone is 1. The summed E-state index contributed by atoms with van der Waals surface area (Å²) in [6.07, 6.45) is 7.79. The van der Waals surface area contributed by atoms with Crippen LogP contribution in [0.3, 0.4) is 0 Å². The van der Waals surface area contributed by atoms with Gasteiger partial charge < -0.3 is 43.5 Å². The van der Waals surface area contributed by atoms with Gasteiger partial charge in [0.1, 0.15) is 36.5 Å². The van der Waals surface area contributed by atoms with E-state index in [-0.39, 0.29) is 68.8 Å². The topological polar surface area (TPSA) is 184 Å². The van der Waals surface area contributed by atoms with Gasteiger partial charge in [-0.1, -0.05) is 36.2 Å². The number of hydrogen-bond donors (Lipinski definition) is 2. The Kier molecular flexibility index (Phi) is 14.3. The van der Waals surface area contributed by atoms with E-state index in [1.165, 1.54) is 24.3 Å². The van der Waals surface area contributed by atoms with Gasteiger partial charge in [0.2, 0.25) is 12.6 Å². The third kappa shape index (κ3) is 9.70. The predicted octanol–water partition coefficient (Wildman–Crippen LogP) is 7.37. The van der Waals surface area contributed by atoms with Crippen molar-refractivity contribution >= 4 is 17.5 Å². The number of fused-ring (bicyclic) bond motifs is 3. The molecular weight excluding hydrogens is 825 g/mol. The summed E-state index contributed by atoms with van der Waals surface area (Å²) in [5.74, 6) is 0.246. The first-order chi connectivity index (χ1) is 31.3. The molecule has 3 aromatic carbocycles. The average Bonchev–Trinajstić information content (AvgIpc) is 4.01. The summed E-state index contributed by atoms with van der Waals surface area (Å²) in [5.41, 5.74) is 3.05. The van der Waals surface area contributed by atoms with Gasteiger partial charge in [-0.2, -0.15) is 0 Å². The smallest absolute Gasteiger partial charge is 0.416 e. The molecule has 0 aromatic heterocycles. The molecule has 3 aliphatic heterocycles. The molecule has 3 aromatic rings. The summed E-state index contributed by atoms with van der Waals surface area (Å²) in [6.45, 7) is 10.0. The average molecular weight is 883 g/mol. The fourth-order valence-electron chi connectivity index (χ4n) is 9.80. The number of ether oxygens (including phenoxy) is 6. The maximum atomic E-state index is 15.0. The van der Waals surface area contributed by atoms with Crippen molar-refractivity contribution in [1.29, 1.82) is 0 Å². The molecule has 3 heterocycles. The van der Waals surface area contributed by atoms with E-state index < -0.39 is 28.8 Å². The van der Waals surface area contributed by atoms with Crippen molar-refractivity contribution in [2.45, 2.75) is 76.2 Å². The van der Waals surface area contributed by atoms with Crippen LogP contribution in [-0.4, -0.2) is 108 Å². The van der Waals surface area contributed by atoms with Crippen molar-refractivity contribution < 1.29 is 53.2 Å². The molecule has 6 unspecified atom stereocenters. The second-order valence-corrected chi connectivity index (χ2v) is 16.8.